The quantitative estimate of drug-likeness (QED) is 0.452. The highest BCUT2D eigenvalue weighted by Crippen LogP contribution is 2.22. The fourth-order valence-corrected chi connectivity index (χ4v) is 3.18. The van der Waals surface area contributed by atoms with Gasteiger partial charge in [0.15, 0.2) is 6.10 Å². The van der Waals surface area contributed by atoms with Crippen LogP contribution in [0, 0.1) is 10.1 Å². The SMILES string of the molecule is C[C@H](OC(=O)c1cccc([N+](=O)[O-])c1)C(=O)Nc1ccc(N2CCCCC2)cc1. The third-order valence-corrected chi connectivity index (χ3v) is 4.80. The molecular weight excluding hydrogens is 374 g/mol. The number of carbonyl (C=O) groups excluding carboxylic acids is 2. The van der Waals surface area contributed by atoms with Gasteiger partial charge >= 0.3 is 5.97 Å². The smallest absolute Gasteiger partial charge is 0.339 e. The van der Waals surface area contributed by atoms with Gasteiger partial charge in [0.25, 0.3) is 11.6 Å². The van der Waals surface area contributed by atoms with Gasteiger partial charge in [0.1, 0.15) is 0 Å². The second-order valence-corrected chi connectivity index (χ2v) is 6.94. The van der Waals surface area contributed by atoms with Gasteiger partial charge < -0.3 is 15.0 Å². The van der Waals surface area contributed by atoms with Crippen LogP contribution in [0.2, 0.25) is 0 Å². The molecule has 0 aliphatic carbocycles. The van der Waals surface area contributed by atoms with Crippen molar-refractivity contribution in [1.82, 2.24) is 0 Å². The topological polar surface area (TPSA) is 102 Å². The molecule has 2 aromatic carbocycles. The standard InChI is InChI=1S/C21H23N3O5/c1-15(29-21(26)16-6-5-7-19(14-16)24(27)28)20(25)22-17-8-10-18(11-9-17)23-12-3-2-4-13-23/h5-11,14-15H,2-4,12-13H2,1H3,(H,22,25)/t15-/m0/s1. The van der Waals surface area contributed by atoms with Gasteiger partial charge in [-0.1, -0.05) is 6.07 Å². The molecule has 2 aromatic rings. The number of hydrogen-bond acceptors (Lipinski definition) is 6. The van der Waals surface area contributed by atoms with Crippen LogP contribution in [0.4, 0.5) is 17.1 Å². The number of nitro groups is 1. The van der Waals surface area contributed by atoms with Crippen LogP contribution in [0.25, 0.3) is 0 Å². The Hall–Kier alpha value is -3.42. The highest BCUT2D eigenvalue weighted by Gasteiger charge is 2.20. The fourth-order valence-electron chi connectivity index (χ4n) is 3.18. The van der Waals surface area contributed by atoms with Gasteiger partial charge in [-0.15, -0.1) is 0 Å². The van der Waals surface area contributed by atoms with Crippen LogP contribution < -0.4 is 10.2 Å². The Kier molecular flexibility index (Phi) is 6.43. The van der Waals surface area contributed by atoms with Crippen molar-refractivity contribution in [2.75, 3.05) is 23.3 Å². The lowest BCUT2D eigenvalue weighted by Gasteiger charge is -2.28. The molecule has 0 radical (unpaired) electrons. The molecule has 0 unspecified atom stereocenters. The molecule has 152 valence electrons. The van der Waals surface area contributed by atoms with Gasteiger partial charge in [-0.3, -0.25) is 14.9 Å². The van der Waals surface area contributed by atoms with Crippen molar-refractivity contribution < 1.29 is 19.2 Å². The Morgan fingerprint density at radius 2 is 1.79 bits per heavy atom. The lowest BCUT2D eigenvalue weighted by Crippen LogP contribution is -2.30. The summed E-state index contributed by atoms with van der Waals surface area (Å²) in [6.45, 7) is 3.53. The number of rotatable bonds is 6. The minimum absolute atomic E-state index is 0.0183. The van der Waals surface area contributed by atoms with Gasteiger partial charge in [-0.05, 0) is 56.5 Å². The fraction of sp³-hybridized carbons (Fsp3) is 0.333. The van der Waals surface area contributed by atoms with Crippen LogP contribution in [0.3, 0.4) is 0 Å². The molecule has 1 heterocycles. The molecule has 1 aliphatic heterocycles. The van der Waals surface area contributed by atoms with E-state index in [1.54, 1.807) is 0 Å². The van der Waals surface area contributed by atoms with Crippen LogP contribution in [-0.4, -0.2) is 36.0 Å². The molecule has 1 aliphatic rings. The van der Waals surface area contributed by atoms with E-state index >= 15 is 0 Å². The van der Waals surface area contributed by atoms with E-state index in [-0.39, 0.29) is 11.3 Å². The first-order valence-corrected chi connectivity index (χ1v) is 9.55. The minimum atomic E-state index is -1.05. The van der Waals surface area contributed by atoms with Crippen LogP contribution in [0.1, 0.15) is 36.5 Å². The predicted octanol–water partition coefficient (Wildman–Crippen LogP) is 3.77. The molecule has 29 heavy (non-hydrogen) atoms. The first kappa shape index (κ1) is 20.3. The van der Waals surface area contributed by atoms with Gasteiger partial charge in [0, 0.05) is 36.6 Å². The number of piperidine rings is 1. The van der Waals surface area contributed by atoms with Crippen LogP contribution in [0.5, 0.6) is 0 Å². The molecule has 1 amide bonds. The summed E-state index contributed by atoms with van der Waals surface area (Å²) in [4.78, 5) is 37.1. The van der Waals surface area contributed by atoms with Gasteiger partial charge in [-0.25, -0.2) is 4.79 Å². The van der Waals surface area contributed by atoms with E-state index in [1.165, 1.54) is 44.4 Å². The number of nitro benzene ring substituents is 1. The lowest BCUT2D eigenvalue weighted by atomic mass is 10.1. The Morgan fingerprint density at radius 3 is 2.45 bits per heavy atom. The summed E-state index contributed by atoms with van der Waals surface area (Å²) in [7, 11) is 0. The first-order chi connectivity index (χ1) is 13.9. The third-order valence-electron chi connectivity index (χ3n) is 4.80. The second kappa shape index (κ2) is 9.18. The van der Waals surface area contributed by atoms with Crippen molar-refractivity contribution in [2.24, 2.45) is 0 Å². The maximum absolute atomic E-state index is 12.3. The van der Waals surface area contributed by atoms with Crippen molar-refractivity contribution in [3.05, 3.63) is 64.2 Å². The molecule has 1 N–H and O–H groups in total. The molecule has 0 aromatic heterocycles. The zero-order chi connectivity index (χ0) is 20.8. The Bertz CT molecular complexity index is 891. The molecule has 1 fully saturated rings. The number of nitrogens with zero attached hydrogens (tertiary/aromatic N) is 2. The minimum Gasteiger partial charge on any atom is -0.449 e. The molecule has 8 heteroatoms. The van der Waals surface area contributed by atoms with E-state index in [9.17, 15) is 19.7 Å². The number of non-ortho nitro benzene ring substituents is 1. The summed E-state index contributed by atoms with van der Waals surface area (Å²) in [5, 5.41) is 13.5. The van der Waals surface area contributed by atoms with Crippen molar-refractivity contribution in [3.8, 4) is 0 Å². The predicted molar refractivity (Wildman–Crippen MR) is 109 cm³/mol. The van der Waals surface area contributed by atoms with Crippen LogP contribution in [-0.2, 0) is 9.53 Å². The van der Waals surface area contributed by atoms with Crippen LogP contribution in [0.15, 0.2) is 48.5 Å². The summed E-state index contributed by atoms with van der Waals surface area (Å²) in [5.74, 6) is -1.27. The highest BCUT2D eigenvalue weighted by atomic mass is 16.6. The highest BCUT2D eigenvalue weighted by molar-refractivity contribution is 5.97. The lowest BCUT2D eigenvalue weighted by molar-refractivity contribution is -0.384. The van der Waals surface area contributed by atoms with Gasteiger partial charge in [0.2, 0.25) is 0 Å². The normalized spacial score (nSPS) is 14.7. The third kappa shape index (κ3) is 5.31. The number of amides is 1. The van der Waals surface area contributed by atoms with Gasteiger partial charge in [-0.2, -0.15) is 0 Å². The molecular formula is C21H23N3O5. The van der Waals surface area contributed by atoms with E-state index in [2.05, 4.69) is 10.2 Å². The number of esters is 1. The maximum Gasteiger partial charge on any atom is 0.339 e. The van der Waals surface area contributed by atoms with Crippen molar-refractivity contribution in [1.29, 1.82) is 0 Å². The zero-order valence-electron chi connectivity index (χ0n) is 16.2. The zero-order valence-corrected chi connectivity index (χ0v) is 16.2. The molecule has 1 atom stereocenters. The average Bonchev–Trinajstić information content (AvgIpc) is 2.75. The van der Waals surface area contributed by atoms with Gasteiger partial charge in [0.05, 0.1) is 10.5 Å². The Balaban J connectivity index is 1.56. The van der Waals surface area contributed by atoms with E-state index in [4.69, 9.17) is 4.74 Å². The Morgan fingerprint density at radius 1 is 1.10 bits per heavy atom. The largest absolute Gasteiger partial charge is 0.449 e. The molecule has 1 saturated heterocycles. The summed E-state index contributed by atoms with van der Waals surface area (Å²) < 4.78 is 5.14. The number of carbonyl (C=O) groups is 2. The van der Waals surface area contributed by atoms with E-state index in [0.29, 0.717) is 5.69 Å². The number of ether oxygens (including phenoxy) is 1. The van der Waals surface area contributed by atoms with Crippen molar-refractivity contribution >= 4 is 28.9 Å². The Labute approximate surface area is 168 Å². The first-order valence-electron chi connectivity index (χ1n) is 9.55. The van der Waals surface area contributed by atoms with E-state index in [0.717, 1.165) is 24.8 Å². The molecule has 0 spiro atoms. The molecule has 0 saturated carbocycles. The summed E-state index contributed by atoms with van der Waals surface area (Å²) in [6, 6.07) is 12.7. The number of hydrogen-bond donors (Lipinski definition) is 1. The number of anilines is 2. The second-order valence-electron chi connectivity index (χ2n) is 6.94. The number of nitrogens with one attached hydrogen (secondary N) is 1. The molecule has 8 nitrogen and oxygen atoms in total. The van der Waals surface area contributed by atoms with Crippen molar-refractivity contribution in [2.45, 2.75) is 32.3 Å². The van der Waals surface area contributed by atoms with E-state index in [1.807, 2.05) is 24.3 Å². The van der Waals surface area contributed by atoms with Crippen molar-refractivity contribution in [3.63, 3.8) is 0 Å². The number of benzene rings is 2. The maximum atomic E-state index is 12.3. The monoisotopic (exact) mass is 397 g/mol. The van der Waals surface area contributed by atoms with Crippen LogP contribution >= 0.6 is 0 Å². The summed E-state index contributed by atoms with van der Waals surface area (Å²) >= 11 is 0. The average molecular weight is 397 g/mol. The van der Waals surface area contributed by atoms with E-state index < -0.39 is 22.9 Å². The summed E-state index contributed by atoms with van der Waals surface area (Å²) in [5.41, 5.74) is 1.52. The molecule has 0 bridgehead atoms. The summed E-state index contributed by atoms with van der Waals surface area (Å²) in [6.07, 6.45) is 2.58. The molecule has 3 rings (SSSR count).